The van der Waals surface area contributed by atoms with E-state index in [9.17, 15) is 0 Å². The van der Waals surface area contributed by atoms with Crippen LogP contribution in [0.4, 0.5) is 0 Å². The Morgan fingerprint density at radius 1 is 1.53 bits per heavy atom. The number of nitrogens with zero attached hydrogens (tertiary/aromatic N) is 2. The fourth-order valence-corrected chi connectivity index (χ4v) is 2.47. The molecule has 3 rings (SSSR count). The zero-order valence-electron chi connectivity index (χ0n) is 10.5. The molecule has 2 heterocycles. The van der Waals surface area contributed by atoms with E-state index in [1.54, 1.807) is 0 Å². The molecule has 2 N–H and O–H groups in total. The van der Waals surface area contributed by atoms with Crippen LogP contribution in [0, 0.1) is 6.92 Å². The van der Waals surface area contributed by atoms with Gasteiger partial charge in [-0.15, -0.1) is 0 Å². The van der Waals surface area contributed by atoms with Crippen LogP contribution in [0.1, 0.15) is 42.6 Å². The number of imidazole rings is 1. The molecule has 1 fully saturated rings. The number of hydrogen-bond acceptors (Lipinski definition) is 2. The molecule has 1 saturated carbocycles. The first-order valence-electron chi connectivity index (χ1n) is 6.38. The minimum absolute atomic E-state index is 0.205. The van der Waals surface area contributed by atoms with Crippen LogP contribution in [0.3, 0.4) is 0 Å². The van der Waals surface area contributed by atoms with Crippen LogP contribution in [-0.2, 0) is 6.42 Å². The Morgan fingerprint density at radius 2 is 2.29 bits per heavy atom. The third-order valence-electron chi connectivity index (χ3n) is 3.49. The number of hydrogen-bond donors (Lipinski definition) is 1. The molecule has 0 amide bonds. The summed E-state index contributed by atoms with van der Waals surface area (Å²) >= 11 is 0. The SMILES string of the molecule is Cc1c(C2CC2)nc2cc(CC(C)N)ccn12. The zero-order chi connectivity index (χ0) is 12.0. The van der Waals surface area contributed by atoms with Gasteiger partial charge in [-0.05, 0) is 50.8 Å². The highest BCUT2D eigenvalue weighted by Gasteiger charge is 2.28. The van der Waals surface area contributed by atoms with Crippen molar-refractivity contribution in [2.24, 2.45) is 5.73 Å². The Morgan fingerprint density at radius 3 is 2.94 bits per heavy atom. The highest BCUT2D eigenvalue weighted by Crippen LogP contribution is 2.41. The summed E-state index contributed by atoms with van der Waals surface area (Å²) in [5, 5.41) is 0. The molecule has 90 valence electrons. The Hall–Kier alpha value is -1.35. The monoisotopic (exact) mass is 229 g/mol. The van der Waals surface area contributed by atoms with Gasteiger partial charge in [0.05, 0.1) is 5.69 Å². The van der Waals surface area contributed by atoms with Crippen molar-refractivity contribution < 1.29 is 0 Å². The van der Waals surface area contributed by atoms with Crippen molar-refractivity contribution in [3.05, 3.63) is 35.3 Å². The van der Waals surface area contributed by atoms with Crippen molar-refractivity contribution in [1.82, 2.24) is 9.38 Å². The number of fused-ring (bicyclic) bond motifs is 1. The minimum Gasteiger partial charge on any atom is -0.328 e. The second kappa shape index (κ2) is 3.84. The molecule has 1 aliphatic carbocycles. The zero-order valence-corrected chi connectivity index (χ0v) is 10.5. The standard InChI is InChI=1S/C14H19N3/c1-9(15)7-11-5-6-17-10(2)14(12-3-4-12)16-13(17)8-11/h5-6,8-9,12H,3-4,7,15H2,1-2H3. The predicted molar refractivity (Wildman–Crippen MR) is 69.3 cm³/mol. The number of aromatic nitrogens is 2. The second-order valence-electron chi connectivity index (χ2n) is 5.30. The van der Waals surface area contributed by atoms with Gasteiger partial charge in [-0.2, -0.15) is 0 Å². The molecule has 3 heteroatoms. The van der Waals surface area contributed by atoms with Crippen molar-refractivity contribution >= 4 is 5.65 Å². The van der Waals surface area contributed by atoms with Crippen LogP contribution in [-0.4, -0.2) is 15.4 Å². The molecule has 2 aromatic heterocycles. The number of rotatable bonds is 3. The van der Waals surface area contributed by atoms with Gasteiger partial charge >= 0.3 is 0 Å². The van der Waals surface area contributed by atoms with Crippen molar-refractivity contribution in [3.8, 4) is 0 Å². The van der Waals surface area contributed by atoms with E-state index in [1.807, 2.05) is 6.92 Å². The van der Waals surface area contributed by atoms with Gasteiger partial charge in [0.15, 0.2) is 0 Å². The molecule has 0 spiro atoms. The third-order valence-corrected chi connectivity index (χ3v) is 3.49. The number of aryl methyl sites for hydroxylation is 1. The lowest BCUT2D eigenvalue weighted by Gasteiger charge is -2.05. The maximum atomic E-state index is 5.83. The van der Waals surface area contributed by atoms with Gasteiger partial charge in [0.2, 0.25) is 0 Å². The molecule has 0 bridgehead atoms. The van der Waals surface area contributed by atoms with E-state index < -0.39 is 0 Å². The molecular formula is C14H19N3. The Kier molecular flexibility index (Phi) is 2.44. The van der Waals surface area contributed by atoms with Gasteiger partial charge in [0.25, 0.3) is 0 Å². The average molecular weight is 229 g/mol. The molecule has 17 heavy (non-hydrogen) atoms. The van der Waals surface area contributed by atoms with Crippen molar-refractivity contribution in [1.29, 1.82) is 0 Å². The summed E-state index contributed by atoms with van der Waals surface area (Å²) in [5.74, 6) is 0.715. The van der Waals surface area contributed by atoms with Gasteiger partial charge in [-0.1, -0.05) is 0 Å². The smallest absolute Gasteiger partial charge is 0.137 e. The van der Waals surface area contributed by atoms with Gasteiger partial charge < -0.3 is 10.1 Å². The van der Waals surface area contributed by atoms with E-state index in [-0.39, 0.29) is 6.04 Å². The van der Waals surface area contributed by atoms with Crippen LogP contribution in [0.25, 0.3) is 5.65 Å². The summed E-state index contributed by atoms with van der Waals surface area (Å²) in [4.78, 5) is 4.76. The van der Waals surface area contributed by atoms with E-state index in [0.29, 0.717) is 5.92 Å². The van der Waals surface area contributed by atoms with Crippen LogP contribution in [0.2, 0.25) is 0 Å². The minimum atomic E-state index is 0.205. The molecular weight excluding hydrogens is 210 g/mol. The summed E-state index contributed by atoms with van der Waals surface area (Å²) in [7, 11) is 0. The average Bonchev–Trinajstić information content (AvgIpc) is 3.04. The molecule has 0 saturated heterocycles. The van der Waals surface area contributed by atoms with Gasteiger partial charge in [-0.3, -0.25) is 0 Å². The maximum absolute atomic E-state index is 5.83. The normalized spacial score (nSPS) is 17.6. The number of nitrogens with two attached hydrogens (primary N) is 1. The Balaban J connectivity index is 2.04. The second-order valence-corrected chi connectivity index (χ2v) is 5.30. The third kappa shape index (κ3) is 1.95. The van der Waals surface area contributed by atoms with E-state index in [2.05, 4.69) is 29.7 Å². The molecule has 1 atom stereocenters. The molecule has 0 radical (unpaired) electrons. The lowest BCUT2D eigenvalue weighted by Crippen LogP contribution is -2.17. The first-order valence-corrected chi connectivity index (χ1v) is 6.38. The van der Waals surface area contributed by atoms with Crippen LogP contribution >= 0.6 is 0 Å². The van der Waals surface area contributed by atoms with Crippen molar-refractivity contribution in [2.45, 2.75) is 45.1 Å². The van der Waals surface area contributed by atoms with Crippen molar-refractivity contribution in [2.75, 3.05) is 0 Å². The summed E-state index contributed by atoms with van der Waals surface area (Å²) in [5.41, 5.74) is 10.8. The van der Waals surface area contributed by atoms with Gasteiger partial charge in [-0.25, -0.2) is 4.98 Å². The molecule has 1 aliphatic rings. The topological polar surface area (TPSA) is 43.3 Å². The van der Waals surface area contributed by atoms with Crippen LogP contribution in [0.5, 0.6) is 0 Å². The highest BCUT2D eigenvalue weighted by molar-refractivity contribution is 5.47. The largest absolute Gasteiger partial charge is 0.328 e. The predicted octanol–water partition coefficient (Wildman–Crippen LogP) is 2.41. The first kappa shape index (κ1) is 10.8. The summed E-state index contributed by atoms with van der Waals surface area (Å²) in [6.45, 7) is 4.20. The molecule has 3 nitrogen and oxygen atoms in total. The van der Waals surface area contributed by atoms with E-state index in [0.717, 1.165) is 12.1 Å². The fourth-order valence-electron chi connectivity index (χ4n) is 2.47. The maximum Gasteiger partial charge on any atom is 0.137 e. The summed E-state index contributed by atoms with van der Waals surface area (Å²) in [6, 6.07) is 4.53. The van der Waals surface area contributed by atoms with E-state index >= 15 is 0 Å². The van der Waals surface area contributed by atoms with Crippen molar-refractivity contribution in [3.63, 3.8) is 0 Å². The first-order chi connectivity index (χ1) is 8.15. The van der Waals surface area contributed by atoms with Crippen LogP contribution in [0.15, 0.2) is 18.3 Å². The number of pyridine rings is 1. The lowest BCUT2D eigenvalue weighted by atomic mass is 10.1. The van der Waals surface area contributed by atoms with E-state index in [1.165, 1.54) is 29.8 Å². The van der Waals surface area contributed by atoms with E-state index in [4.69, 9.17) is 10.7 Å². The molecule has 1 unspecified atom stereocenters. The Labute approximate surface area is 102 Å². The quantitative estimate of drug-likeness (QED) is 0.878. The molecule has 2 aromatic rings. The van der Waals surface area contributed by atoms with Gasteiger partial charge in [0, 0.05) is 23.9 Å². The van der Waals surface area contributed by atoms with Crippen LogP contribution < -0.4 is 5.73 Å². The lowest BCUT2D eigenvalue weighted by molar-refractivity contribution is 0.737. The highest BCUT2D eigenvalue weighted by atomic mass is 15.0. The Bertz CT molecular complexity index is 550. The summed E-state index contributed by atoms with van der Waals surface area (Å²) in [6.07, 6.45) is 5.65. The van der Waals surface area contributed by atoms with Gasteiger partial charge in [0.1, 0.15) is 5.65 Å². The molecule has 0 aromatic carbocycles. The fraction of sp³-hybridized carbons (Fsp3) is 0.500. The summed E-state index contributed by atoms with van der Waals surface area (Å²) < 4.78 is 2.19. The molecule has 0 aliphatic heterocycles.